The number of amides is 1. The Kier molecular flexibility index (Phi) is 5.71. The molecule has 0 aliphatic carbocycles. The number of ether oxygens (including phenoxy) is 2. The average molecular weight is 496 g/mol. The van der Waals surface area contributed by atoms with Crippen LogP contribution in [0, 0.1) is 6.92 Å². The molecular formula is C26H19Cl2NO5. The highest BCUT2D eigenvalue weighted by atomic mass is 35.5. The second kappa shape index (κ2) is 8.70. The summed E-state index contributed by atoms with van der Waals surface area (Å²) in [7, 11) is 0. The summed E-state index contributed by atoms with van der Waals surface area (Å²) in [5.41, 5.74) is 2.18. The summed E-state index contributed by atoms with van der Waals surface area (Å²) in [6, 6.07) is 15.9. The quantitative estimate of drug-likeness (QED) is 0.286. The number of carbonyl (C=O) groups excluding carboxylic acids is 2. The fourth-order valence-corrected chi connectivity index (χ4v) is 4.44. The Bertz CT molecular complexity index is 1350. The summed E-state index contributed by atoms with van der Waals surface area (Å²) in [5.74, 6) is -0.872. The van der Waals surface area contributed by atoms with Crippen LogP contribution in [0.15, 0.2) is 66.2 Å². The molecule has 172 valence electrons. The number of hydrogen-bond donors (Lipinski definition) is 1. The molecule has 2 aliphatic heterocycles. The van der Waals surface area contributed by atoms with Gasteiger partial charge < -0.3 is 14.6 Å². The van der Waals surface area contributed by atoms with Gasteiger partial charge >= 0.3 is 0 Å². The van der Waals surface area contributed by atoms with Gasteiger partial charge in [0.1, 0.15) is 19.0 Å². The number of halogens is 2. The number of rotatable bonds is 3. The molecule has 1 unspecified atom stereocenters. The van der Waals surface area contributed by atoms with E-state index in [1.54, 1.807) is 60.7 Å². The van der Waals surface area contributed by atoms with Gasteiger partial charge in [-0.15, -0.1) is 0 Å². The first-order chi connectivity index (χ1) is 16.3. The van der Waals surface area contributed by atoms with E-state index in [0.29, 0.717) is 51.6 Å². The molecule has 8 heteroatoms. The molecule has 1 N–H and O–H groups in total. The van der Waals surface area contributed by atoms with Crippen LogP contribution in [-0.4, -0.2) is 30.0 Å². The molecule has 1 saturated heterocycles. The maximum Gasteiger partial charge on any atom is 0.300 e. The van der Waals surface area contributed by atoms with Crippen LogP contribution in [0.3, 0.4) is 0 Å². The van der Waals surface area contributed by atoms with E-state index >= 15 is 0 Å². The van der Waals surface area contributed by atoms with Gasteiger partial charge in [0.25, 0.3) is 11.7 Å². The van der Waals surface area contributed by atoms with E-state index in [1.807, 2.05) is 6.92 Å². The van der Waals surface area contributed by atoms with Crippen molar-refractivity contribution in [2.75, 3.05) is 18.1 Å². The number of anilines is 1. The zero-order chi connectivity index (χ0) is 24.0. The van der Waals surface area contributed by atoms with Gasteiger partial charge in [-0.3, -0.25) is 14.5 Å². The van der Waals surface area contributed by atoms with E-state index < -0.39 is 17.7 Å². The lowest BCUT2D eigenvalue weighted by atomic mass is 9.95. The third kappa shape index (κ3) is 3.79. The molecule has 0 aromatic heterocycles. The molecule has 0 bridgehead atoms. The summed E-state index contributed by atoms with van der Waals surface area (Å²) in [5, 5.41) is 12.3. The molecule has 6 nitrogen and oxygen atoms in total. The topological polar surface area (TPSA) is 76.1 Å². The SMILES string of the molecule is Cc1ccc(N2C(=O)C(=O)/C(=C(\O)c3ccc4c(c3)OCCO4)C2c2ccc(Cl)cc2)cc1Cl. The minimum Gasteiger partial charge on any atom is -0.507 e. The molecule has 1 amide bonds. The highest BCUT2D eigenvalue weighted by Crippen LogP contribution is 2.44. The predicted molar refractivity (Wildman–Crippen MR) is 130 cm³/mol. The number of aliphatic hydroxyl groups excluding tert-OH is 1. The highest BCUT2D eigenvalue weighted by molar-refractivity contribution is 6.51. The molecule has 0 radical (unpaired) electrons. The molecule has 2 aliphatic rings. The Morgan fingerprint density at radius 3 is 2.35 bits per heavy atom. The number of aliphatic hydroxyl groups is 1. The number of Topliss-reactive ketones (excluding diaryl/α,β-unsaturated/α-hetero) is 1. The molecule has 3 aromatic rings. The van der Waals surface area contributed by atoms with E-state index in [-0.39, 0.29) is 11.3 Å². The Morgan fingerprint density at radius 2 is 1.65 bits per heavy atom. The summed E-state index contributed by atoms with van der Waals surface area (Å²) < 4.78 is 11.2. The van der Waals surface area contributed by atoms with Gasteiger partial charge in [-0.05, 0) is 60.5 Å². The first-order valence-electron chi connectivity index (χ1n) is 10.6. The van der Waals surface area contributed by atoms with E-state index in [4.69, 9.17) is 32.7 Å². The van der Waals surface area contributed by atoms with Crippen molar-refractivity contribution in [2.24, 2.45) is 0 Å². The van der Waals surface area contributed by atoms with Gasteiger partial charge in [0.15, 0.2) is 11.5 Å². The fourth-order valence-electron chi connectivity index (χ4n) is 4.14. The molecule has 0 spiro atoms. The van der Waals surface area contributed by atoms with Crippen molar-refractivity contribution in [3.63, 3.8) is 0 Å². The molecule has 0 saturated carbocycles. The molecule has 5 rings (SSSR count). The van der Waals surface area contributed by atoms with E-state index in [9.17, 15) is 14.7 Å². The third-order valence-corrected chi connectivity index (χ3v) is 6.54. The number of fused-ring (bicyclic) bond motifs is 1. The number of nitrogens with zero attached hydrogens (tertiary/aromatic N) is 1. The van der Waals surface area contributed by atoms with Crippen molar-refractivity contribution in [3.8, 4) is 11.5 Å². The zero-order valence-electron chi connectivity index (χ0n) is 18.0. The van der Waals surface area contributed by atoms with Crippen LogP contribution in [0.2, 0.25) is 10.0 Å². The van der Waals surface area contributed by atoms with Gasteiger partial charge in [-0.2, -0.15) is 0 Å². The number of hydrogen-bond acceptors (Lipinski definition) is 5. The van der Waals surface area contributed by atoms with Crippen LogP contribution in [0.1, 0.15) is 22.7 Å². The second-order valence-electron chi connectivity index (χ2n) is 8.01. The molecule has 2 heterocycles. The molecule has 1 fully saturated rings. The van der Waals surface area contributed by atoms with Crippen molar-refractivity contribution in [2.45, 2.75) is 13.0 Å². The van der Waals surface area contributed by atoms with Gasteiger partial charge in [-0.1, -0.05) is 41.4 Å². The van der Waals surface area contributed by atoms with Crippen LogP contribution in [-0.2, 0) is 9.59 Å². The minimum absolute atomic E-state index is 0.0410. The van der Waals surface area contributed by atoms with Crippen molar-refractivity contribution >= 4 is 46.3 Å². The van der Waals surface area contributed by atoms with Gasteiger partial charge in [-0.25, -0.2) is 0 Å². The Morgan fingerprint density at radius 1 is 0.941 bits per heavy atom. The lowest BCUT2D eigenvalue weighted by molar-refractivity contribution is -0.132. The maximum absolute atomic E-state index is 13.3. The summed E-state index contributed by atoms with van der Waals surface area (Å²) in [4.78, 5) is 27.9. The second-order valence-corrected chi connectivity index (χ2v) is 8.86. The van der Waals surface area contributed by atoms with Crippen LogP contribution < -0.4 is 14.4 Å². The first-order valence-corrected chi connectivity index (χ1v) is 11.3. The Balaban J connectivity index is 1.70. The monoisotopic (exact) mass is 495 g/mol. The summed E-state index contributed by atoms with van der Waals surface area (Å²) >= 11 is 12.4. The standard InChI is InChI=1S/C26H19Cl2NO5/c1-14-2-8-18(13-19(14)28)29-23(15-3-6-17(27)7-4-15)22(25(31)26(29)32)24(30)16-5-9-20-21(12-16)34-11-10-33-20/h2-9,12-13,23,30H,10-11H2,1H3/b24-22-. The molecule has 3 aromatic carbocycles. The molecule has 34 heavy (non-hydrogen) atoms. The Hall–Kier alpha value is -3.48. The van der Waals surface area contributed by atoms with Crippen LogP contribution >= 0.6 is 23.2 Å². The smallest absolute Gasteiger partial charge is 0.300 e. The van der Waals surface area contributed by atoms with Crippen LogP contribution in [0.25, 0.3) is 5.76 Å². The number of ketones is 1. The van der Waals surface area contributed by atoms with Gasteiger partial charge in [0.05, 0.1) is 11.6 Å². The van der Waals surface area contributed by atoms with E-state index in [1.165, 1.54) is 4.90 Å². The van der Waals surface area contributed by atoms with Crippen molar-refractivity contribution in [1.82, 2.24) is 0 Å². The highest BCUT2D eigenvalue weighted by Gasteiger charge is 2.47. The lowest BCUT2D eigenvalue weighted by Gasteiger charge is -2.26. The largest absolute Gasteiger partial charge is 0.507 e. The lowest BCUT2D eigenvalue weighted by Crippen LogP contribution is -2.29. The Labute approximate surface area is 205 Å². The normalized spacial score (nSPS) is 18.9. The number of benzene rings is 3. The van der Waals surface area contributed by atoms with Crippen molar-refractivity contribution < 1.29 is 24.2 Å². The third-order valence-electron chi connectivity index (χ3n) is 5.88. The van der Waals surface area contributed by atoms with Gasteiger partial charge in [0, 0.05) is 21.3 Å². The van der Waals surface area contributed by atoms with E-state index in [2.05, 4.69) is 0 Å². The first kappa shape index (κ1) is 22.3. The predicted octanol–water partition coefficient (Wildman–Crippen LogP) is 5.70. The van der Waals surface area contributed by atoms with Gasteiger partial charge in [0.2, 0.25) is 0 Å². The average Bonchev–Trinajstić information content (AvgIpc) is 3.11. The van der Waals surface area contributed by atoms with Crippen molar-refractivity contribution in [3.05, 3.63) is 93.0 Å². The number of aryl methyl sites for hydroxylation is 1. The molecular weight excluding hydrogens is 477 g/mol. The van der Waals surface area contributed by atoms with E-state index in [0.717, 1.165) is 5.56 Å². The molecule has 1 atom stereocenters. The minimum atomic E-state index is -0.885. The fraction of sp³-hybridized carbons (Fsp3) is 0.154. The summed E-state index contributed by atoms with van der Waals surface area (Å²) in [6.07, 6.45) is 0. The van der Waals surface area contributed by atoms with Crippen molar-refractivity contribution in [1.29, 1.82) is 0 Å². The summed E-state index contributed by atoms with van der Waals surface area (Å²) in [6.45, 7) is 2.65. The maximum atomic E-state index is 13.3. The van der Waals surface area contributed by atoms with Crippen LogP contribution in [0.4, 0.5) is 5.69 Å². The zero-order valence-corrected chi connectivity index (χ0v) is 19.6. The number of carbonyl (C=O) groups is 2. The van der Waals surface area contributed by atoms with Crippen LogP contribution in [0.5, 0.6) is 11.5 Å².